The number of ether oxygens (including phenoxy) is 1. The number of halogens is 1. The van der Waals surface area contributed by atoms with Crippen LogP contribution in [0.1, 0.15) is 15.9 Å². The molecule has 0 spiro atoms. The maximum atomic E-state index is 12.9. The van der Waals surface area contributed by atoms with E-state index in [1.807, 2.05) is 0 Å². The summed E-state index contributed by atoms with van der Waals surface area (Å²) in [6.07, 6.45) is -0.0340. The Bertz CT molecular complexity index is 1040. The fraction of sp³-hybridized carbons (Fsp3) is 0.263. The number of hydrogen-bond acceptors (Lipinski definition) is 5. The number of hydrogen-bond donors (Lipinski definition) is 2. The number of nitrogens with two attached hydrogens (primary N) is 1. The average molecular weight is 438 g/mol. The molecule has 1 aliphatic heterocycles. The van der Waals surface area contributed by atoms with Gasteiger partial charge in [-0.1, -0.05) is 29.8 Å². The van der Waals surface area contributed by atoms with E-state index >= 15 is 0 Å². The number of rotatable bonds is 6. The molecule has 29 heavy (non-hydrogen) atoms. The van der Waals surface area contributed by atoms with Crippen LogP contribution in [-0.4, -0.2) is 50.8 Å². The maximum absolute atomic E-state index is 12.9. The zero-order valence-corrected chi connectivity index (χ0v) is 17.0. The Hall–Kier alpha value is -2.46. The van der Waals surface area contributed by atoms with Crippen molar-refractivity contribution in [2.24, 2.45) is 5.73 Å². The van der Waals surface area contributed by atoms with E-state index < -0.39 is 21.8 Å². The van der Waals surface area contributed by atoms with E-state index in [0.29, 0.717) is 24.5 Å². The fourth-order valence-corrected chi connectivity index (χ4v) is 4.86. The number of para-hydroxylation sites is 1. The quantitative estimate of drug-likeness (QED) is 0.712. The number of primary amides is 1. The minimum atomic E-state index is -3.87. The second kappa shape index (κ2) is 8.91. The molecule has 2 amide bonds. The van der Waals surface area contributed by atoms with E-state index in [9.17, 15) is 18.0 Å². The molecule has 1 aliphatic rings. The molecule has 0 bridgehead atoms. The monoisotopic (exact) mass is 437 g/mol. The van der Waals surface area contributed by atoms with E-state index in [1.54, 1.807) is 24.3 Å². The lowest BCUT2D eigenvalue weighted by atomic mass is 10.1. The smallest absolute Gasteiger partial charge is 0.255 e. The van der Waals surface area contributed by atoms with Crippen molar-refractivity contribution < 1.29 is 22.7 Å². The van der Waals surface area contributed by atoms with Crippen molar-refractivity contribution in [3.8, 4) is 0 Å². The number of benzene rings is 2. The highest BCUT2D eigenvalue weighted by Crippen LogP contribution is 2.27. The van der Waals surface area contributed by atoms with Crippen LogP contribution in [0.2, 0.25) is 5.02 Å². The summed E-state index contributed by atoms with van der Waals surface area (Å²) in [7, 11) is -3.87. The van der Waals surface area contributed by atoms with Crippen LogP contribution in [0.5, 0.6) is 0 Å². The Morgan fingerprint density at radius 1 is 1.14 bits per heavy atom. The number of morpholine rings is 1. The summed E-state index contributed by atoms with van der Waals surface area (Å²) in [5.74, 6) is -1.06. The predicted octanol–water partition coefficient (Wildman–Crippen LogP) is 1.64. The van der Waals surface area contributed by atoms with E-state index in [-0.39, 0.29) is 35.0 Å². The van der Waals surface area contributed by atoms with Crippen LogP contribution >= 0.6 is 11.6 Å². The zero-order valence-electron chi connectivity index (χ0n) is 15.4. The standard InChI is InChI=1S/C19H20ClN3O5S/c20-15-6-5-14(11-17(15)29(26,27)23-7-9-28-10-8-23)19(25)22-16-4-2-1-3-13(16)12-18(21)24/h1-6,11H,7-10,12H2,(H2,21,24)(H,22,25). The van der Waals surface area contributed by atoms with E-state index in [1.165, 1.54) is 22.5 Å². The molecule has 2 aromatic rings. The Balaban J connectivity index is 1.88. The first kappa shape index (κ1) is 21.3. The lowest BCUT2D eigenvalue weighted by molar-refractivity contribution is -0.117. The highest BCUT2D eigenvalue weighted by Gasteiger charge is 2.29. The van der Waals surface area contributed by atoms with Gasteiger partial charge in [-0.15, -0.1) is 0 Å². The first-order chi connectivity index (χ1) is 13.8. The van der Waals surface area contributed by atoms with Gasteiger partial charge in [-0.05, 0) is 29.8 Å². The second-order valence-corrected chi connectivity index (χ2v) is 8.73. The second-order valence-electron chi connectivity index (χ2n) is 6.42. The molecule has 0 aliphatic carbocycles. The van der Waals surface area contributed by atoms with Gasteiger partial charge >= 0.3 is 0 Å². The van der Waals surface area contributed by atoms with Crippen LogP contribution in [0.3, 0.4) is 0 Å². The highest BCUT2D eigenvalue weighted by atomic mass is 35.5. The molecule has 2 aromatic carbocycles. The van der Waals surface area contributed by atoms with Gasteiger partial charge in [0.05, 0.1) is 24.7 Å². The van der Waals surface area contributed by atoms with Gasteiger partial charge in [-0.3, -0.25) is 9.59 Å². The summed E-state index contributed by atoms with van der Waals surface area (Å²) in [5, 5.41) is 2.72. The van der Waals surface area contributed by atoms with Crippen LogP contribution in [0.15, 0.2) is 47.4 Å². The van der Waals surface area contributed by atoms with Crippen molar-refractivity contribution in [3.05, 3.63) is 58.6 Å². The fourth-order valence-electron chi connectivity index (χ4n) is 2.95. The number of amides is 2. The van der Waals surface area contributed by atoms with Gasteiger partial charge in [0.1, 0.15) is 4.90 Å². The van der Waals surface area contributed by atoms with Gasteiger partial charge in [0.2, 0.25) is 15.9 Å². The van der Waals surface area contributed by atoms with Crippen molar-refractivity contribution in [1.82, 2.24) is 4.31 Å². The summed E-state index contributed by atoms with van der Waals surface area (Å²) in [5.41, 5.74) is 6.34. The molecule has 1 saturated heterocycles. The molecule has 0 saturated carbocycles. The molecular formula is C19H20ClN3O5S. The number of carbonyl (C=O) groups excluding carboxylic acids is 2. The predicted molar refractivity (Wildman–Crippen MR) is 108 cm³/mol. The Morgan fingerprint density at radius 3 is 2.52 bits per heavy atom. The molecule has 10 heteroatoms. The molecule has 0 radical (unpaired) electrons. The molecule has 8 nitrogen and oxygen atoms in total. The first-order valence-corrected chi connectivity index (χ1v) is 10.7. The van der Waals surface area contributed by atoms with Crippen molar-refractivity contribution >= 4 is 39.1 Å². The van der Waals surface area contributed by atoms with Crippen LogP contribution in [0.4, 0.5) is 5.69 Å². The third kappa shape index (κ3) is 4.94. The minimum absolute atomic E-state index is 0.0298. The molecule has 1 heterocycles. The summed E-state index contributed by atoms with van der Waals surface area (Å²) in [6.45, 7) is 1.03. The van der Waals surface area contributed by atoms with Gasteiger partial charge < -0.3 is 15.8 Å². The van der Waals surface area contributed by atoms with Crippen LogP contribution in [0, 0.1) is 0 Å². The van der Waals surface area contributed by atoms with Gasteiger partial charge in [0.25, 0.3) is 5.91 Å². The number of anilines is 1. The minimum Gasteiger partial charge on any atom is -0.379 e. The van der Waals surface area contributed by atoms with Crippen molar-refractivity contribution in [2.45, 2.75) is 11.3 Å². The number of nitrogens with one attached hydrogen (secondary N) is 1. The van der Waals surface area contributed by atoms with Crippen molar-refractivity contribution in [3.63, 3.8) is 0 Å². The number of carbonyl (C=O) groups is 2. The van der Waals surface area contributed by atoms with E-state index in [0.717, 1.165) is 0 Å². The molecule has 3 N–H and O–H groups in total. The Labute approximate surface area is 173 Å². The number of nitrogens with zero attached hydrogens (tertiary/aromatic N) is 1. The van der Waals surface area contributed by atoms with E-state index in [4.69, 9.17) is 22.1 Å². The van der Waals surface area contributed by atoms with Gasteiger partial charge in [-0.2, -0.15) is 4.31 Å². The van der Waals surface area contributed by atoms with Gasteiger partial charge in [-0.25, -0.2) is 8.42 Å². The lowest BCUT2D eigenvalue weighted by Crippen LogP contribution is -2.40. The Morgan fingerprint density at radius 2 is 1.83 bits per heavy atom. The summed E-state index contributed by atoms with van der Waals surface area (Å²) in [6, 6.07) is 10.8. The Kier molecular flexibility index (Phi) is 6.53. The lowest BCUT2D eigenvalue weighted by Gasteiger charge is -2.26. The van der Waals surface area contributed by atoms with Gasteiger partial charge in [0.15, 0.2) is 0 Å². The van der Waals surface area contributed by atoms with Gasteiger partial charge in [0, 0.05) is 24.3 Å². The molecule has 0 aromatic heterocycles. The van der Waals surface area contributed by atoms with Crippen molar-refractivity contribution in [2.75, 3.05) is 31.6 Å². The SMILES string of the molecule is NC(=O)Cc1ccccc1NC(=O)c1ccc(Cl)c(S(=O)(=O)N2CCOCC2)c1. The van der Waals surface area contributed by atoms with Crippen LogP contribution < -0.4 is 11.1 Å². The van der Waals surface area contributed by atoms with E-state index in [2.05, 4.69) is 5.32 Å². The van der Waals surface area contributed by atoms with Crippen LogP contribution in [-0.2, 0) is 26.0 Å². The first-order valence-electron chi connectivity index (χ1n) is 8.84. The summed E-state index contributed by atoms with van der Waals surface area (Å²) in [4.78, 5) is 23.8. The maximum Gasteiger partial charge on any atom is 0.255 e. The molecule has 154 valence electrons. The zero-order chi connectivity index (χ0) is 21.0. The molecular weight excluding hydrogens is 418 g/mol. The highest BCUT2D eigenvalue weighted by molar-refractivity contribution is 7.89. The molecule has 1 fully saturated rings. The van der Waals surface area contributed by atoms with Crippen LogP contribution in [0.25, 0.3) is 0 Å². The molecule has 0 unspecified atom stereocenters. The molecule has 3 rings (SSSR count). The third-order valence-electron chi connectivity index (χ3n) is 4.41. The largest absolute Gasteiger partial charge is 0.379 e. The number of sulfonamides is 1. The normalized spacial score (nSPS) is 15.1. The third-order valence-corrected chi connectivity index (χ3v) is 6.79. The topological polar surface area (TPSA) is 119 Å². The summed E-state index contributed by atoms with van der Waals surface area (Å²) >= 11 is 6.13. The summed E-state index contributed by atoms with van der Waals surface area (Å²) < 4.78 is 32.3. The average Bonchev–Trinajstić information content (AvgIpc) is 2.70. The van der Waals surface area contributed by atoms with Crippen molar-refractivity contribution in [1.29, 1.82) is 0 Å². The molecule has 0 atom stereocenters.